The van der Waals surface area contributed by atoms with Crippen LogP contribution in [0.25, 0.3) is 0 Å². The number of hydrogen-bond donors (Lipinski definition) is 3. The molecule has 19 heavy (non-hydrogen) atoms. The van der Waals surface area contributed by atoms with Crippen molar-refractivity contribution >= 4 is 12.0 Å². The molecule has 0 fully saturated rings. The number of amides is 2. The number of carboxylic acids is 1. The number of carboxylic acid groups (broad SMARTS) is 1. The Hall–Kier alpha value is -1.26. The zero-order chi connectivity index (χ0) is 15.2. The van der Waals surface area contributed by atoms with Gasteiger partial charge < -0.3 is 15.7 Å². The summed E-state index contributed by atoms with van der Waals surface area (Å²) in [6.45, 7) is 12.6. The van der Waals surface area contributed by atoms with Gasteiger partial charge in [-0.05, 0) is 17.3 Å². The Morgan fingerprint density at radius 1 is 1.21 bits per heavy atom. The van der Waals surface area contributed by atoms with Crippen LogP contribution >= 0.6 is 0 Å². The van der Waals surface area contributed by atoms with Crippen molar-refractivity contribution < 1.29 is 14.7 Å². The van der Waals surface area contributed by atoms with Gasteiger partial charge in [0.2, 0.25) is 0 Å². The molecule has 0 aliphatic heterocycles. The molecule has 0 aromatic rings. The molecule has 0 spiro atoms. The van der Waals surface area contributed by atoms with Gasteiger partial charge in [-0.1, -0.05) is 48.0 Å². The summed E-state index contributed by atoms with van der Waals surface area (Å²) in [6.07, 6.45) is 0.703. The molecule has 0 heterocycles. The summed E-state index contributed by atoms with van der Waals surface area (Å²) in [6, 6.07) is -1.26. The van der Waals surface area contributed by atoms with Gasteiger partial charge in [-0.25, -0.2) is 9.59 Å². The molecule has 2 amide bonds. The second kappa shape index (κ2) is 7.36. The van der Waals surface area contributed by atoms with E-state index in [0.717, 1.165) is 0 Å². The van der Waals surface area contributed by atoms with Crippen LogP contribution in [0.2, 0.25) is 0 Å². The zero-order valence-corrected chi connectivity index (χ0v) is 12.9. The predicted molar refractivity (Wildman–Crippen MR) is 76.0 cm³/mol. The van der Waals surface area contributed by atoms with E-state index in [4.69, 9.17) is 5.11 Å². The van der Waals surface area contributed by atoms with Crippen LogP contribution in [0.5, 0.6) is 0 Å². The maximum Gasteiger partial charge on any atom is 0.326 e. The van der Waals surface area contributed by atoms with Gasteiger partial charge in [0.15, 0.2) is 0 Å². The lowest BCUT2D eigenvalue weighted by molar-refractivity contribution is -0.140. The van der Waals surface area contributed by atoms with Gasteiger partial charge in [-0.3, -0.25) is 0 Å². The van der Waals surface area contributed by atoms with E-state index in [1.165, 1.54) is 0 Å². The third-order valence-electron chi connectivity index (χ3n) is 4.03. The van der Waals surface area contributed by atoms with Gasteiger partial charge in [0.25, 0.3) is 0 Å². The van der Waals surface area contributed by atoms with Crippen molar-refractivity contribution in [2.24, 2.45) is 17.3 Å². The first-order valence-electron chi connectivity index (χ1n) is 6.89. The quantitative estimate of drug-likeness (QED) is 0.666. The minimum absolute atomic E-state index is 0.0214. The Morgan fingerprint density at radius 3 is 2.11 bits per heavy atom. The van der Waals surface area contributed by atoms with Crippen LogP contribution in [-0.4, -0.2) is 29.7 Å². The van der Waals surface area contributed by atoms with E-state index in [0.29, 0.717) is 18.9 Å². The molecule has 0 aliphatic carbocycles. The topological polar surface area (TPSA) is 78.4 Å². The highest BCUT2D eigenvalue weighted by Crippen LogP contribution is 2.24. The van der Waals surface area contributed by atoms with Crippen molar-refractivity contribution in [2.45, 2.75) is 54.0 Å². The second-order valence-corrected chi connectivity index (χ2v) is 6.17. The first kappa shape index (κ1) is 17.7. The number of rotatable bonds is 7. The van der Waals surface area contributed by atoms with Crippen molar-refractivity contribution in [3.05, 3.63) is 0 Å². The normalized spacial score (nSPS) is 14.9. The molecule has 0 aliphatic rings. The highest BCUT2D eigenvalue weighted by molar-refractivity contribution is 5.82. The first-order chi connectivity index (χ1) is 8.61. The van der Waals surface area contributed by atoms with E-state index in [-0.39, 0.29) is 11.3 Å². The van der Waals surface area contributed by atoms with E-state index in [2.05, 4.69) is 38.3 Å². The number of aliphatic carboxylic acids is 1. The molecule has 0 unspecified atom stereocenters. The number of carbonyl (C=O) groups is 2. The molecule has 0 aromatic carbocycles. The molecular weight excluding hydrogens is 244 g/mol. The molecule has 5 nitrogen and oxygen atoms in total. The third-order valence-corrected chi connectivity index (χ3v) is 4.03. The van der Waals surface area contributed by atoms with Crippen molar-refractivity contribution in [2.75, 3.05) is 6.54 Å². The molecular formula is C14H28N2O3. The van der Waals surface area contributed by atoms with Crippen LogP contribution in [0.4, 0.5) is 4.79 Å². The number of carbonyl (C=O) groups excluding carboxylic acids is 1. The average molecular weight is 272 g/mol. The Balaban J connectivity index is 4.40. The van der Waals surface area contributed by atoms with Crippen molar-refractivity contribution in [3.63, 3.8) is 0 Å². The Morgan fingerprint density at radius 2 is 1.74 bits per heavy atom. The standard InChI is InChI=1S/C14H28N2O3/c1-7-10(4)11(12(17)18)16-13(19)15-8-14(5,6)9(2)3/h9-11H,7-8H2,1-6H3,(H,17,18)(H2,15,16,19)/t10-,11-/m0/s1. The van der Waals surface area contributed by atoms with Gasteiger partial charge in [0, 0.05) is 6.54 Å². The first-order valence-corrected chi connectivity index (χ1v) is 6.89. The van der Waals surface area contributed by atoms with Gasteiger partial charge >= 0.3 is 12.0 Å². The Bertz CT molecular complexity index is 314. The molecule has 0 aromatic heterocycles. The van der Waals surface area contributed by atoms with E-state index >= 15 is 0 Å². The second-order valence-electron chi connectivity index (χ2n) is 6.17. The van der Waals surface area contributed by atoms with E-state index < -0.39 is 18.0 Å². The lowest BCUT2D eigenvalue weighted by Gasteiger charge is -2.30. The van der Waals surface area contributed by atoms with E-state index in [1.54, 1.807) is 0 Å². The maximum absolute atomic E-state index is 11.8. The molecule has 2 atom stereocenters. The number of urea groups is 1. The highest BCUT2D eigenvalue weighted by Gasteiger charge is 2.27. The summed E-state index contributed by atoms with van der Waals surface area (Å²) in [5, 5.41) is 14.4. The van der Waals surface area contributed by atoms with Crippen molar-refractivity contribution in [1.82, 2.24) is 10.6 Å². The largest absolute Gasteiger partial charge is 0.480 e. The summed E-state index contributed by atoms with van der Waals surface area (Å²) in [4.78, 5) is 22.9. The van der Waals surface area contributed by atoms with E-state index in [1.807, 2.05) is 13.8 Å². The lowest BCUT2D eigenvalue weighted by atomic mass is 9.81. The Labute approximate surface area is 116 Å². The van der Waals surface area contributed by atoms with Crippen LogP contribution in [0, 0.1) is 17.3 Å². The maximum atomic E-state index is 11.8. The van der Waals surface area contributed by atoms with Gasteiger partial charge in [0.05, 0.1) is 0 Å². The molecule has 3 N–H and O–H groups in total. The minimum Gasteiger partial charge on any atom is -0.480 e. The fourth-order valence-corrected chi connectivity index (χ4v) is 1.39. The van der Waals surface area contributed by atoms with Crippen molar-refractivity contribution in [3.8, 4) is 0 Å². The predicted octanol–water partition coefficient (Wildman–Crippen LogP) is 2.47. The molecule has 5 heteroatoms. The molecule has 0 saturated heterocycles. The van der Waals surface area contributed by atoms with Crippen LogP contribution in [0.3, 0.4) is 0 Å². The zero-order valence-electron chi connectivity index (χ0n) is 12.9. The summed E-state index contributed by atoms with van der Waals surface area (Å²) >= 11 is 0. The fraction of sp³-hybridized carbons (Fsp3) is 0.857. The molecule has 112 valence electrons. The highest BCUT2D eigenvalue weighted by atomic mass is 16.4. The van der Waals surface area contributed by atoms with Gasteiger partial charge in [-0.2, -0.15) is 0 Å². The SMILES string of the molecule is CC[C@H](C)[C@H](NC(=O)NCC(C)(C)C(C)C)C(=O)O. The number of hydrogen-bond acceptors (Lipinski definition) is 2. The van der Waals surface area contributed by atoms with Crippen molar-refractivity contribution in [1.29, 1.82) is 0 Å². The summed E-state index contributed by atoms with van der Waals surface area (Å²) < 4.78 is 0. The smallest absolute Gasteiger partial charge is 0.326 e. The molecule has 0 radical (unpaired) electrons. The van der Waals surface area contributed by atoms with Gasteiger partial charge in [-0.15, -0.1) is 0 Å². The van der Waals surface area contributed by atoms with E-state index in [9.17, 15) is 9.59 Å². The monoisotopic (exact) mass is 272 g/mol. The summed E-state index contributed by atoms with van der Waals surface area (Å²) in [5.74, 6) is -0.661. The average Bonchev–Trinajstić information content (AvgIpc) is 2.32. The summed E-state index contributed by atoms with van der Waals surface area (Å²) in [7, 11) is 0. The number of nitrogens with one attached hydrogen (secondary N) is 2. The van der Waals surface area contributed by atoms with Crippen LogP contribution in [0.1, 0.15) is 48.0 Å². The third kappa shape index (κ3) is 5.94. The van der Waals surface area contributed by atoms with Crippen LogP contribution in [-0.2, 0) is 4.79 Å². The van der Waals surface area contributed by atoms with Crippen LogP contribution in [0.15, 0.2) is 0 Å². The molecule has 0 rings (SSSR count). The Kier molecular flexibility index (Phi) is 6.87. The molecule has 0 saturated carbocycles. The fourth-order valence-electron chi connectivity index (χ4n) is 1.39. The minimum atomic E-state index is -0.993. The van der Waals surface area contributed by atoms with Crippen LogP contribution < -0.4 is 10.6 Å². The van der Waals surface area contributed by atoms with Gasteiger partial charge in [0.1, 0.15) is 6.04 Å². The molecule has 0 bridgehead atoms. The lowest BCUT2D eigenvalue weighted by Crippen LogP contribution is -2.51. The summed E-state index contributed by atoms with van der Waals surface area (Å²) in [5.41, 5.74) is -0.0214.